The zero-order valence-electron chi connectivity index (χ0n) is 21.1. The Labute approximate surface area is 215 Å². The standard InChI is InChI=1S/C28H30N4O5/c1-35-13-12-32-26(28(34)37-3)25(31-24(33)15-19-8-5-4-6-9-19)23-16-21(18-30-27(23)32)29-17-20-10-7-11-22(14-20)36-2/h4-11,14,16,18,29H,12-13,15,17H2,1-3H3,(H,31,33). The van der Waals surface area contributed by atoms with E-state index in [1.165, 1.54) is 7.11 Å². The molecule has 0 unspecified atom stereocenters. The molecule has 2 aromatic heterocycles. The fourth-order valence-electron chi connectivity index (χ4n) is 4.11. The van der Waals surface area contributed by atoms with Crippen LogP contribution >= 0.6 is 0 Å². The second kappa shape index (κ2) is 12.0. The van der Waals surface area contributed by atoms with Crippen LogP contribution in [-0.4, -0.2) is 49.4 Å². The molecule has 0 spiro atoms. The summed E-state index contributed by atoms with van der Waals surface area (Å²) in [7, 11) is 4.52. The molecule has 0 saturated carbocycles. The number of aromatic nitrogens is 2. The highest BCUT2D eigenvalue weighted by atomic mass is 16.5. The first-order chi connectivity index (χ1) is 18.0. The van der Waals surface area contributed by atoms with Crippen molar-refractivity contribution in [2.45, 2.75) is 19.5 Å². The number of carbonyl (C=O) groups is 2. The minimum atomic E-state index is -0.574. The van der Waals surface area contributed by atoms with E-state index in [4.69, 9.17) is 14.2 Å². The third-order valence-corrected chi connectivity index (χ3v) is 5.90. The van der Waals surface area contributed by atoms with Gasteiger partial charge >= 0.3 is 5.97 Å². The first-order valence-corrected chi connectivity index (χ1v) is 11.8. The van der Waals surface area contributed by atoms with Crippen molar-refractivity contribution in [2.75, 3.05) is 38.6 Å². The molecule has 2 aromatic carbocycles. The van der Waals surface area contributed by atoms with Gasteiger partial charge in [0.25, 0.3) is 0 Å². The molecule has 0 aliphatic rings. The Hall–Kier alpha value is -4.37. The van der Waals surface area contributed by atoms with Gasteiger partial charge < -0.3 is 29.4 Å². The third-order valence-electron chi connectivity index (χ3n) is 5.90. The highest BCUT2D eigenvalue weighted by Gasteiger charge is 2.26. The lowest BCUT2D eigenvalue weighted by atomic mass is 10.1. The van der Waals surface area contributed by atoms with Gasteiger partial charge in [-0.2, -0.15) is 0 Å². The van der Waals surface area contributed by atoms with E-state index < -0.39 is 5.97 Å². The van der Waals surface area contributed by atoms with E-state index in [1.54, 1.807) is 25.0 Å². The second-order valence-corrected chi connectivity index (χ2v) is 8.37. The van der Waals surface area contributed by atoms with Crippen LogP contribution in [0.15, 0.2) is 66.9 Å². The Morgan fingerprint density at radius 3 is 2.49 bits per heavy atom. The molecule has 0 fully saturated rings. The minimum Gasteiger partial charge on any atom is -0.497 e. The molecular formula is C28H30N4O5. The Morgan fingerprint density at radius 2 is 1.76 bits per heavy atom. The van der Waals surface area contributed by atoms with Crippen LogP contribution in [0.5, 0.6) is 5.75 Å². The molecule has 1 amide bonds. The molecule has 0 atom stereocenters. The van der Waals surface area contributed by atoms with Gasteiger partial charge in [0.15, 0.2) is 5.69 Å². The van der Waals surface area contributed by atoms with Gasteiger partial charge in [-0.25, -0.2) is 9.78 Å². The molecule has 4 aromatic rings. The number of methoxy groups -OCH3 is 3. The Bertz CT molecular complexity index is 1380. The van der Waals surface area contributed by atoms with Crippen LogP contribution in [0, 0.1) is 0 Å². The van der Waals surface area contributed by atoms with E-state index in [1.807, 2.05) is 60.7 Å². The summed E-state index contributed by atoms with van der Waals surface area (Å²) in [5, 5.41) is 6.92. The van der Waals surface area contributed by atoms with Crippen molar-refractivity contribution >= 4 is 34.3 Å². The first kappa shape index (κ1) is 25.7. The number of hydrogen-bond acceptors (Lipinski definition) is 7. The maximum absolute atomic E-state index is 13.0. The first-order valence-electron chi connectivity index (χ1n) is 11.8. The molecule has 4 rings (SSSR count). The van der Waals surface area contributed by atoms with Gasteiger partial charge in [-0.3, -0.25) is 4.79 Å². The van der Waals surface area contributed by atoms with Crippen LogP contribution in [0.3, 0.4) is 0 Å². The maximum atomic E-state index is 13.0. The van der Waals surface area contributed by atoms with Crippen LogP contribution < -0.4 is 15.4 Å². The number of amides is 1. The largest absolute Gasteiger partial charge is 0.497 e. The number of rotatable bonds is 11. The van der Waals surface area contributed by atoms with E-state index in [0.29, 0.717) is 36.4 Å². The van der Waals surface area contributed by atoms with Crippen molar-refractivity contribution in [3.05, 3.63) is 83.7 Å². The van der Waals surface area contributed by atoms with Crippen molar-refractivity contribution in [3.63, 3.8) is 0 Å². The monoisotopic (exact) mass is 502 g/mol. The lowest BCUT2D eigenvalue weighted by Crippen LogP contribution is -2.19. The summed E-state index contributed by atoms with van der Waals surface area (Å²) < 4.78 is 17.3. The zero-order chi connectivity index (χ0) is 26.2. The van der Waals surface area contributed by atoms with E-state index in [-0.39, 0.29) is 18.0 Å². The lowest BCUT2D eigenvalue weighted by Gasteiger charge is -2.10. The number of hydrogen-bond donors (Lipinski definition) is 2. The molecule has 0 saturated heterocycles. The lowest BCUT2D eigenvalue weighted by molar-refractivity contribution is -0.115. The third kappa shape index (κ3) is 6.07. The normalized spacial score (nSPS) is 10.8. The molecule has 37 heavy (non-hydrogen) atoms. The van der Waals surface area contributed by atoms with Crippen LogP contribution in [0.1, 0.15) is 21.6 Å². The summed E-state index contributed by atoms with van der Waals surface area (Å²) in [6.45, 7) is 1.24. The van der Waals surface area contributed by atoms with Crippen molar-refractivity contribution in [3.8, 4) is 5.75 Å². The van der Waals surface area contributed by atoms with E-state index in [2.05, 4.69) is 15.6 Å². The van der Waals surface area contributed by atoms with Gasteiger partial charge in [-0.1, -0.05) is 42.5 Å². The number of nitrogens with one attached hydrogen (secondary N) is 2. The Morgan fingerprint density at radius 1 is 0.973 bits per heavy atom. The highest BCUT2D eigenvalue weighted by molar-refractivity contribution is 6.11. The fraction of sp³-hybridized carbons (Fsp3) is 0.250. The van der Waals surface area contributed by atoms with Gasteiger partial charge in [0.2, 0.25) is 5.91 Å². The average molecular weight is 503 g/mol. The molecule has 0 radical (unpaired) electrons. The number of nitrogens with zero attached hydrogens (tertiary/aromatic N) is 2. The number of anilines is 2. The molecule has 9 heteroatoms. The Kier molecular flexibility index (Phi) is 8.37. The summed E-state index contributed by atoms with van der Waals surface area (Å²) in [6.07, 6.45) is 1.86. The predicted molar refractivity (Wildman–Crippen MR) is 142 cm³/mol. The van der Waals surface area contributed by atoms with E-state index in [9.17, 15) is 9.59 Å². The van der Waals surface area contributed by atoms with Gasteiger partial charge in [0.1, 0.15) is 11.4 Å². The molecule has 0 bridgehead atoms. The molecule has 0 aliphatic carbocycles. The van der Waals surface area contributed by atoms with Gasteiger partial charge in [0.05, 0.1) is 44.8 Å². The molecule has 2 heterocycles. The zero-order valence-corrected chi connectivity index (χ0v) is 21.1. The van der Waals surface area contributed by atoms with Crippen LogP contribution in [0.25, 0.3) is 11.0 Å². The van der Waals surface area contributed by atoms with Crippen molar-refractivity contribution in [1.29, 1.82) is 0 Å². The summed E-state index contributed by atoms with van der Waals surface area (Å²) in [5.74, 6) is -0.0545. The van der Waals surface area contributed by atoms with E-state index >= 15 is 0 Å². The van der Waals surface area contributed by atoms with Crippen LogP contribution in [0.4, 0.5) is 11.4 Å². The summed E-state index contributed by atoms with van der Waals surface area (Å²) >= 11 is 0. The fourth-order valence-corrected chi connectivity index (χ4v) is 4.11. The maximum Gasteiger partial charge on any atom is 0.356 e. The summed E-state index contributed by atoms with van der Waals surface area (Å²) in [4.78, 5) is 30.5. The number of esters is 1. The van der Waals surface area contributed by atoms with Gasteiger partial charge in [0, 0.05) is 25.6 Å². The quantitative estimate of drug-likeness (QED) is 0.295. The summed E-state index contributed by atoms with van der Waals surface area (Å²) in [5.41, 5.74) is 3.74. The average Bonchev–Trinajstić information content (AvgIpc) is 3.22. The van der Waals surface area contributed by atoms with Crippen LogP contribution in [0.2, 0.25) is 0 Å². The minimum absolute atomic E-state index is 0.160. The topological polar surface area (TPSA) is 104 Å². The Balaban J connectivity index is 1.71. The molecule has 192 valence electrons. The molecular weight excluding hydrogens is 472 g/mol. The van der Waals surface area contributed by atoms with Gasteiger partial charge in [-0.05, 0) is 29.3 Å². The number of pyridine rings is 1. The number of carbonyl (C=O) groups excluding carboxylic acids is 2. The molecule has 0 aliphatic heterocycles. The number of ether oxygens (including phenoxy) is 3. The summed E-state index contributed by atoms with van der Waals surface area (Å²) in [6, 6.07) is 19.0. The smallest absolute Gasteiger partial charge is 0.356 e. The second-order valence-electron chi connectivity index (χ2n) is 8.37. The van der Waals surface area contributed by atoms with Gasteiger partial charge in [-0.15, -0.1) is 0 Å². The van der Waals surface area contributed by atoms with Crippen LogP contribution in [-0.2, 0) is 33.8 Å². The van der Waals surface area contributed by atoms with Crippen molar-refractivity contribution in [1.82, 2.24) is 9.55 Å². The number of fused-ring (bicyclic) bond motifs is 1. The molecule has 9 nitrogen and oxygen atoms in total. The highest BCUT2D eigenvalue weighted by Crippen LogP contribution is 2.33. The van der Waals surface area contributed by atoms with Crippen molar-refractivity contribution in [2.24, 2.45) is 0 Å². The molecule has 2 N–H and O–H groups in total. The number of benzene rings is 2. The SMILES string of the molecule is COCCn1c(C(=O)OC)c(NC(=O)Cc2ccccc2)c2cc(NCc3cccc(OC)c3)cnc21. The van der Waals surface area contributed by atoms with Crippen molar-refractivity contribution < 1.29 is 23.8 Å². The van der Waals surface area contributed by atoms with E-state index in [0.717, 1.165) is 22.6 Å². The predicted octanol–water partition coefficient (Wildman–Crippen LogP) is 4.27.